The summed E-state index contributed by atoms with van der Waals surface area (Å²) in [4.78, 5) is 13.1. The van der Waals surface area contributed by atoms with Gasteiger partial charge in [-0.2, -0.15) is 0 Å². The number of benzene rings is 4. The molecule has 5 aromatic rings. The van der Waals surface area contributed by atoms with Gasteiger partial charge < -0.3 is 9.47 Å². The van der Waals surface area contributed by atoms with E-state index < -0.39 is 0 Å². The zero-order chi connectivity index (χ0) is 19.3. The SMILES string of the molecule is COc1ccc2ccccc2c1-c1c(-c2c(OC)ccc3ccccc23)c1=O. The molecule has 0 fully saturated rings. The average molecular weight is 366 g/mol. The molecular formula is C25H18O3. The Morgan fingerprint density at radius 1 is 0.536 bits per heavy atom. The predicted octanol–water partition coefficient (Wildman–Crippen LogP) is 5.58. The zero-order valence-electron chi connectivity index (χ0n) is 15.7. The maximum atomic E-state index is 13.1. The minimum absolute atomic E-state index is 0.0457. The second kappa shape index (κ2) is 6.24. The van der Waals surface area contributed by atoms with Crippen LogP contribution in [0, 0.1) is 0 Å². The van der Waals surface area contributed by atoms with Crippen LogP contribution in [-0.4, -0.2) is 14.2 Å². The molecule has 0 heterocycles. The summed E-state index contributed by atoms with van der Waals surface area (Å²) in [6.07, 6.45) is 0. The summed E-state index contributed by atoms with van der Waals surface area (Å²) in [5.41, 5.74) is 3.18. The molecule has 0 aliphatic heterocycles. The van der Waals surface area contributed by atoms with Gasteiger partial charge in [0.2, 0.25) is 0 Å². The standard InChI is InChI=1S/C25H18O3/c1-27-19-13-11-15-7-3-5-9-17(15)21(19)23-24(25(23)26)22-18-10-6-4-8-16(18)12-14-20(22)28-2/h3-14H,1-2H3. The third-order valence-corrected chi connectivity index (χ3v) is 5.36. The first-order chi connectivity index (χ1) is 13.7. The summed E-state index contributed by atoms with van der Waals surface area (Å²) < 4.78 is 11.2. The Balaban J connectivity index is 1.83. The van der Waals surface area contributed by atoms with Crippen LogP contribution >= 0.6 is 0 Å². The molecule has 0 atom stereocenters. The Morgan fingerprint density at radius 3 is 1.39 bits per heavy atom. The van der Waals surface area contributed by atoms with Crippen molar-refractivity contribution >= 4 is 21.5 Å². The molecule has 0 unspecified atom stereocenters. The first-order valence-electron chi connectivity index (χ1n) is 9.15. The fraction of sp³-hybridized carbons (Fsp3) is 0.0800. The fourth-order valence-electron chi connectivity index (χ4n) is 4.01. The van der Waals surface area contributed by atoms with E-state index in [2.05, 4.69) is 0 Å². The summed E-state index contributed by atoms with van der Waals surface area (Å²) in [6, 6.07) is 24.0. The number of hydrogen-bond acceptors (Lipinski definition) is 3. The minimum atomic E-state index is 0.0457. The van der Waals surface area contributed by atoms with Crippen LogP contribution in [0.15, 0.2) is 77.6 Å². The quantitative estimate of drug-likeness (QED) is 0.416. The third kappa shape index (κ3) is 2.33. The van der Waals surface area contributed by atoms with E-state index in [0.717, 1.165) is 32.7 Å². The van der Waals surface area contributed by atoms with E-state index in [-0.39, 0.29) is 5.43 Å². The Labute approximate surface area is 162 Å². The summed E-state index contributed by atoms with van der Waals surface area (Å²) in [5, 5.41) is 4.18. The molecule has 0 saturated carbocycles. The van der Waals surface area contributed by atoms with Crippen molar-refractivity contribution in [1.82, 2.24) is 0 Å². The molecule has 0 saturated heterocycles. The van der Waals surface area contributed by atoms with Crippen molar-refractivity contribution in [3.05, 3.63) is 83.0 Å². The highest BCUT2D eigenvalue weighted by Gasteiger charge is 2.32. The van der Waals surface area contributed by atoms with E-state index in [1.165, 1.54) is 0 Å². The molecule has 5 aromatic carbocycles. The lowest BCUT2D eigenvalue weighted by Gasteiger charge is -2.11. The van der Waals surface area contributed by atoms with Crippen LogP contribution < -0.4 is 14.9 Å². The van der Waals surface area contributed by atoms with E-state index in [1.54, 1.807) is 14.2 Å². The topological polar surface area (TPSA) is 35.5 Å². The smallest absolute Gasteiger partial charge is 0.196 e. The van der Waals surface area contributed by atoms with Crippen LogP contribution in [0.25, 0.3) is 43.8 Å². The molecule has 0 spiro atoms. The van der Waals surface area contributed by atoms with Gasteiger partial charge >= 0.3 is 0 Å². The van der Waals surface area contributed by atoms with Crippen LogP contribution in [0.3, 0.4) is 0 Å². The number of methoxy groups -OCH3 is 2. The predicted molar refractivity (Wildman–Crippen MR) is 114 cm³/mol. The zero-order valence-corrected chi connectivity index (χ0v) is 15.7. The largest absolute Gasteiger partial charge is 0.496 e. The van der Waals surface area contributed by atoms with Gasteiger partial charge in [-0.15, -0.1) is 0 Å². The highest BCUT2D eigenvalue weighted by Crippen LogP contribution is 2.47. The van der Waals surface area contributed by atoms with Crippen molar-refractivity contribution in [3.8, 4) is 33.8 Å². The Morgan fingerprint density at radius 2 is 0.964 bits per heavy atom. The van der Waals surface area contributed by atoms with Crippen LogP contribution in [0.5, 0.6) is 11.5 Å². The molecule has 0 bridgehead atoms. The second-order valence-electron chi connectivity index (χ2n) is 6.81. The number of ether oxygens (including phenoxy) is 2. The van der Waals surface area contributed by atoms with E-state index in [1.807, 2.05) is 72.8 Å². The van der Waals surface area contributed by atoms with Gasteiger partial charge in [-0.05, 0) is 33.7 Å². The normalized spacial score (nSPS) is 11.4. The van der Waals surface area contributed by atoms with Crippen LogP contribution in [0.4, 0.5) is 0 Å². The molecule has 0 amide bonds. The third-order valence-electron chi connectivity index (χ3n) is 5.36. The molecule has 136 valence electrons. The maximum absolute atomic E-state index is 13.1. The van der Waals surface area contributed by atoms with Crippen molar-refractivity contribution in [2.24, 2.45) is 0 Å². The van der Waals surface area contributed by atoms with Gasteiger partial charge in [-0.25, -0.2) is 0 Å². The van der Waals surface area contributed by atoms with Gasteiger partial charge in [-0.1, -0.05) is 60.7 Å². The number of hydrogen-bond donors (Lipinski definition) is 0. The summed E-state index contributed by atoms with van der Waals surface area (Å²) in [7, 11) is 3.28. The summed E-state index contributed by atoms with van der Waals surface area (Å²) in [6.45, 7) is 0. The summed E-state index contributed by atoms with van der Waals surface area (Å²) in [5.74, 6) is 1.41. The average Bonchev–Trinajstić information content (AvgIpc) is 3.41. The Kier molecular flexibility index (Phi) is 3.69. The Hall–Kier alpha value is -3.59. The van der Waals surface area contributed by atoms with Gasteiger partial charge in [0.05, 0.1) is 14.2 Å². The molecule has 3 heteroatoms. The molecule has 5 rings (SSSR count). The van der Waals surface area contributed by atoms with Crippen molar-refractivity contribution in [2.75, 3.05) is 14.2 Å². The fourth-order valence-corrected chi connectivity index (χ4v) is 4.01. The monoisotopic (exact) mass is 366 g/mol. The van der Waals surface area contributed by atoms with E-state index >= 15 is 0 Å². The van der Waals surface area contributed by atoms with Gasteiger partial charge in [0.25, 0.3) is 0 Å². The van der Waals surface area contributed by atoms with E-state index in [0.29, 0.717) is 22.6 Å². The van der Waals surface area contributed by atoms with Crippen molar-refractivity contribution in [3.63, 3.8) is 0 Å². The number of rotatable bonds is 4. The molecule has 0 aromatic heterocycles. The highest BCUT2D eigenvalue weighted by atomic mass is 16.5. The van der Waals surface area contributed by atoms with Gasteiger partial charge in [0.1, 0.15) is 11.5 Å². The van der Waals surface area contributed by atoms with Crippen molar-refractivity contribution < 1.29 is 9.47 Å². The maximum Gasteiger partial charge on any atom is 0.196 e. The lowest BCUT2D eigenvalue weighted by molar-refractivity contribution is 0.416. The molecule has 0 aliphatic carbocycles. The molecule has 0 aliphatic rings. The van der Waals surface area contributed by atoms with Crippen LogP contribution in [0.1, 0.15) is 0 Å². The molecule has 0 radical (unpaired) electrons. The first-order valence-corrected chi connectivity index (χ1v) is 9.15. The minimum Gasteiger partial charge on any atom is -0.496 e. The van der Waals surface area contributed by atoms with E-state index in [4.69, 9.17) is 9.47 Å². The van der Waals surface area contributed by atoms with Crippen LogP contribution in [-0.2, 0) is 0 Å². The van der Waals surface area contributed by atoms with Crippen molar-refractivity contribution in [1.29, 1.82) is 0 Å². The van der Waals surface area contributed by atoms with E-state index in [9.17, 15) is 4.79 Å². The second-order valence-corrected chi connectivity index (χ2v) is 6.81. The van der Waals surface area contributed by atoms with Crippen molar-refractivity contribution in [2.45, 2.75) is 0 Å². The first kappa shape index (κ1) is 16.6. The molecule has 0 N–H and O–H groups in total. The van der Waals surface area contributed by atoms with Gasteiger partial charge in [0.15, 0.2) is 5.43 Å². The molecular weight excluding hydrogens is 348 g/mol. The Bertz CT molecular complexity index is 1250. The van der Waals surface area contributed by atoms with Gasteiger partial charge in [-0.3, -0.25) is 4.79 Å². The number of fused-ring (bicyclic) bond motifs is 2. The lowest BCUT2D eigenvalue weighted by atomic mass is 9.98. The molecule has 28 heavy (non-hydrogen) atoms. The van der Waals surface area contributed by atoms with Crippen LogP contribution in [0.2, 0.25) is 0 Å². The van der Waals surface area contributed by atoms with Gasteiger partial charge in [0, 0.05) is 22.3 Å². The summed E-state index contributed by atoms with van der Waals surface area (Å²) >= 11 is 0. The lowest BCUT2D eigenvalue weighted by Crippen LogP contribution is -1.89. The molecule has 3 nitrogen and oxygen atoms in total. The highest BCUT2D eigenvalue weighted by molar-refractivity contribution is 6.13.